The molecule has 0 spiro atoms. The zero-order valence-corrected chi connectivity index (χ0v) is 5.66. The van der Waals surface area contributed by atoms with Gasteiger partial charge in [0.05, 0.1) is 5.69 Å². The van der Waals surface area contributed by atoms with Crippen molar-refractivity contribution in [2.75, 3.05) is 17.6 Å². The van der Waals surface area contributed by atoms with E-state index in [1.54, 1.807) is 0 Å². The Morgan fingerprint density at radius 3 is 3.33 bits per heavy atom. The Hall–Kier alpha value is -0.770. The molecule has 0 atom stereocenters. The van der Waals surface area contributed by atoms with Crippen LogP contribution in [0.4, 0.5) is 10.1 Å². The molecule has 0 aliphatic carbocycles. The molecule has 0 saturated carbocycles. The van der Waals surface area contributed by atoms with Gasteiger partial charge in [-0.3, -0.25) is 0 Å². The maximum atomic E-state index is 5.46. The van der Waals surface area contributed by atoms with Crippen molar-refractivity contribution in [2.24, 2.45) is 0 Å². The number of fused-ring (bicyclic) bond motifs is 1. The number of nitrogen functional groups attached to an aromatic ring is 1. The van der Waals surface area contributed by atoms with E-state index in [0.29, 0.717) is 5.13 Å². The first-order chi connectivity index (χ1) is 4.36. The molecule has 2 rings (SSSR count). The summed E-state index contributed by atoms with van der Waals surface area (Å²) in [6, 6.07) is 0. The van der Waals surface area contributed by atoms with E-state index < -0.39 is 0 Å². The Balaban J connectivity index is 2.51. The molecule has 4 heteroatoms. The van der Waals surface area contributed by atoms with Crippen molar-refractivity contribution in [3.8, 4) is 0 Å². The largest absolute Gasteiger partial charge is 0.375 e. The Bertz CT molecular complexity index is 209. The number of nitrogens with one attached hydrogen (secondary N) is 1. The van der Waals surface area contributed by atoms with E-state index >= 15 is 0 Å². The van der Waals surface area contributed by atoms with Crippen LogP contribution in [0.2, 0.25) is 0 Å². The molecule has 3 N–H and O–H groups in total. The predicted molar refractivity (Wildman–Crippen MR) is 38.7 cm³/mol. The Kier molecular flexibility index (Phi) is 0.900. The highest BCUT2D eigenvalue weighted by Crippen LogP contribution is 2.29. The van der Waals surface area contributed by atoms with E-state index in [0.717, 1.165) is 23.7 Å². The molecule has 0 saturated heterocycles. The zero-order chi connectivity index (χ0) is 6.27. The van der Waals surface area contributed by atoms with E-state index in [-0.39, 0.29) is 0 Å². The first-order valence-electron chi connectivity index (χ1n) is 2.85. The van der Waals surface area contributed by atoms with Crippen LogP contribution in [0, 0.1) is 0 Å². The molecule has 0 fully saturated rings. The first-order valence-corrected chi connectivity index (χ1v) is 3.67. The molecule has 1 aromatic heterocycles. The van der Waals surface area contributed by atoms with E-state index in [1.807, 2.05) is 0 Å². The fourth-order valence-electron chi connectivity index (χ4n) is 0.972. The minimum atomic E-state index is 0.673. The molecular formula is C5H7N3S. The molecule has 0 unspecified atom stereocenters. The number of rotatable bonds is 0. The van der Waals surface area contributed by atoms with Crippen LogP contribution in [-0.2, 0) is 6.42 Å². The van der Waals surface area contributed by atoms with Gasteiger partial charge < -0.3 is 11.1 Å². The van der Waals surface area contributed by atoms with E-state index in [1.165, 1.54) is 11.3 Å². The molecule has 9 heavy (non-hydrogen) atoms. The highest BCUT2D eigenvalue weighted by Gasteiger charge is 2.13. The first kappa shape index (κ1) is 5.05. The summed E-state index contributed by atoms with van der Waals surface area (Å²) in [5.74, 6) is 0. The third-order valence-electron chi connectivity index (χ3n) is 1.36. The molecule has 0 bridgehead atoms. The molecule has 48 valence electrons. The van der Waals surface area contributed by atoms with Gasteiger partial charge in [0.1, 0.15) is 5.00 Å². The van der Waals surface area contributed by atoms with Crippen LogP contribution in [0.3, 0.4) is 0 Å². The van der Waals surface area contributed by atoms with Crippen LogP contribution in [-0.4, -0.2) is 11.5 Å². The second-order valence-electron chi connectivity index (χ2n) is 2.00. The standard InChI is InChI=1S/C5H7N3S/c6-5-8-3-1-2-7-4(3)9-5/h7H,1-2H2,(H2,6,8). The van der Waals surface area contributed by atoms with E-state index in [4.69, 9.17) is 5.73 Å². The third kappa shape index (κ3) is 0.666. The monoisotopic (exact) mass is 141 g/mol. The molecule has 1 aliphatic heterocycles. The predicted octanol–water partition coefficient (Wildman–Crippen LogP) is 0.693. The number of nitrogens with two attached hydrogens (primary N) is 1. The maximum Gasteiger partial charge on any atom is 0.182 e. The molecule has 1 aliphatic rings. The lowest BCUT2D eigenvalue weighted by Crippen LogP contribution is -1.92. The maximum absolute atomic E-state index is 5.46. The second kappa shape index (κ2) is 1.60. The molecule has 3 nitrogen and oxygen atoms in total. The zero-order valence-electron chi connectivity index (χ0n) is 4.85. The summed E-state index contributed by atoms with van der Waals surface area (Å²) >= 11 is 1.53. The fourth-order valence-corrected chi connectivity index (χ4v) is 1.78. The molecule has 0 radical (unpaired) electrons. The topological polar surface area (TPSA) is 50.9 Å². The molecular weight excluding hydrogens is 134 g/mol. The number of hydrogen-bond acceptors (Lipinski definition) is 4. The number of nitrogens with zero attached hydrogens (tertiary/aromatic N) is 1. The summed E-state index contributed by atoms with van der Waals surface area (Å²) < 4.78 is 0. The number of aromatic nitrogens is 1. The van der Waals surface area contributed by atoms with Crippen LogP contribution in [0.5, 0.6) is 0 Å². The van der Waals surface area contributed by atoms with Crippen LogP contribution in [0.15, 0.2) is 0 Å². The van der Waals surface area contributed by atoms with Crippen molar-refractivity contribution in [3.63, 3.8) is 0 Å². The number of thiazole rings is 1. The highest BCUT2D eigenvalue weighted by atomic mass is 32.1. The summed E-state index contributed by atoms with van der Waals surface area (Å²) in [7, 11) is 0. The van der Waals surface area contributed by atoms with Crippen molar-refractivity contribution in [1.29, 1.82) is 0 Å². The highest BCUT2D eigenvalue weighted by molar-refractivity contribution is 7.19. The van der Waals surface area contributed by atoms with Crippen molar-refractivity contribution < 1.29 is 0 Å². The average Bonchev–Trinajstić information content (AvgIpc) is 2.22. The summed E-state index contributed by atoms with van der Waals surface area (Å²) in [6.07, 6.45) is 1.03. The lowest BCUT2D eigenvalue weighted by Gasteiger charge is -1.86. The lowest BCUT2D eigenvalue weighted by molar-refractivity contribution is 1.05. The summed E-state index contributed by atoms with van der Waals surface area (Å²) in [4.78, 5) is 4.12. The van der Waals surface area contributed by atoms with Gasteiger partial charge in [0, 0.05) is 13.0 Å². The second-order valence-corrected chi connectivity index (χ2v) is 3.04. The minimum Gasteiger partial charge on any atom is -0.375 e. The van der Waals surface area contributed by atoms with Crippen LogP contribution in [0.1, 0.15) is 5.69 Å². The number of anilines is 2. The van der Waals surface area contributed by atoms with Gasteiger partial charge in [0.25, 0.3) is 0 Å². The quantitative estimate of drug-likeness (QED) is 0.559. The summed E-state index contributed by atoms with van der Waals surface area (Å²) in [5.41, 5.74) is 6.59. The van der Waals surface area contributed by atoms with E-state index in [2.05, 4.69) is 10.3 Å². The van der Waals surface area contributed by atoms with Gasteiger partial charge in [0.2, 0.25) is 0 Å². The molecule has 0 amide bonds. The van der Waals surface area contributed by atoms with E-state index in [9.17, 15) is 0 Å². The minimum absolute atomic E-state index is 0.673. The van der Waals surface area contributed by atoms with Gasteiger partial charge in [-0.15, -0.1) is 0 Å². The summed E-state index contributed by atoms with van der Waals surface area (Å²) in [6.45, 7) is 1.02. The van der Waals surface area contributed by atoms with Crippen LogP contribution in [0.25, 0.3) is 0 Å². The van der Waals surface area contributed by atoms with Gasteiger partial charge >= 0.3 is 0 Å². The Morgan fingerprint density at radius 1 is 1.67 bits per heavy atom. The van der Waals surface area contributed by atoms with Crippen molar-refractivity contribution in [1.82, 2.24) is 4.98 Å². The van der Waals surface area contributed by atoms with Gasteiger partial charge in [-0.25, -0.2) is 4.98 Å². The average molecular weight is 141 g/mol. The van der Waals surface area contributed by atoms with Crippen molar-refractivity contribution >= 4 is 21.5 Å². The Morgan fingerprint density at radius 2 is 2.56 bits per heavy atom. The molecule has 2 heterocycles. The molecule has 0 aromatic carbocycles. The van der Waals surface area contributed by atoms with Gasteiger partial charge in [-0.05, 0) is 0 Å². The normalized spacial score (nSPS) is 15.1. The number of hydrogen-bond donors (Lipinski definition) is 2. The van der Waals surface area contributed by atoms with Gasteiger partial charge in [-0.2, -0.15) is 0 Å². The van der Waals surface area contributed by atoms with Crippen LogP contribution >= 0.6 is 11.3 Å². The van der Waals surface area contributed by atoms with Crippen LogP contribution < -0.4 is 11.1 Å². The van der Waals surface area contributed by atoms with Gasteiger partial charge in [0.15, 0.2) is 5.13 Å². The molecule has 1 aromatic rings. The lowest BCUT2D eigenvalue weighted by atomic mass is 10.4. The van der Waals surface area contributed by atoms with Crippen molar-refractivity contribution in [3.05, 3.63) is 5.69 Å². The SMILES string of the molecule is Nc1nc2c(s1)NCC2. The fraction of sp³-hybridized carbons (Fsp3) is 0.400. The smallest absolute Gasteiger partial charge is 0.182 e. The third-order valence-corrected chi connectivity index (χ3v) is 2.25. The Labute approximate surface area is 56.9 Å². The van der Waals surface area contributed by atoms with Crippen molar-refractivity contribution in [2.45, 2.75) is 6.42 Å². The summed E-state index contributed by atoms with van der Waals surface area (Å²) in [5, 5.41) is 5.03. The van der Waals surface area contributed by atoms with Gasteiger partial charge in [-0.1, -0.05) is 11.3 Å².